The molecule has 3 nitrogen and oxygen atoms in total. The van der Waals surface area contributed by atoms with Crippen LogP contribution in [0.3, 0.4) is 0 Å². The Morgan fingerprint density at radius 3 is 2.65 bits per heavy atom. The average Bonchev–Trinajstić information content (AvgIpc) is 2.76. The number of hydrogen-bond acceptors (Lipinski definition) is 3. The summed E-state index contributed by atoms with van der Waals surface area (Å²) in [6.45, 7) is 8.13. The average molecular weight is 270 g/mol. The van der Waals surface area contributed by atoms with Crippen molar-refractivity contribution in [2.75, 3.05) is 19.6 Å². The minimum Gasteiger partial charge on any atom is -0.470 e. The summed E-state index contributed by atoms with van der Waals surface area (Å²) in [5, 5.41) is 0. The smallest absolute Gasteiger partial charge is 0.217 e. The first-order valence-electron chi connectivity index (χ1n) is 8.02. The van der Waals surface area contributed by atoms with Crippen LogP contribution >= 0.6 is 0 Å². The Bertz CT molecular complexity index is 567. The van der Waals surface area contributed by atoms with Gasteiger partial charge in [-0.1, -0.05) is 0 Å². The molecule has 20 heavy (non-hydrogen) atoms. The van der Waals surface area contributed by atoms with Crippen LogP contribution in [0, 0.1) is 31.6 Å². The van der Waals surface area contributed by atoms with Crippen molar-refractivity contribution in [1.29, 1.82) is 0 Å². The highest BCUT2D eigenvalue weighted by atomic mass is 16.5. The Morgan fingerprint density at radius 1 is 1.20 bits per heavy atom. The predicted molar refractivity (Wildman–Crippen MR) is 76.9 cm³/mol. The molecule has 6 rings (SSSR count). The van der Waals surface area contributed by atoms with E-state index in [2.05, 4.69) is 29.8 Å². The molecule has 2 unspecified atom stereocenters. The van der Waals surface area contributed by atoms with Crippen molar-refractivity contribution < 1.29 is 4.74 Å². The van der Waals surface area contributed by atoms with Crippen molar-refractivity contribution >= 4 is 0 Å². The molecule has 0 N–H and O–H groups in total. The van der Waals surface area contributed by atoms with E-state index in [1.54, 1.807) is 0 Å². The maximum absolute atomic E-state index is 6.60. The third-order valence-corrected chi connectivity index (χ3v) is 6.27. The van der Waals surface area contributed by atoms with Gasteiger partial charge in [0.05, 0.1) is 0 Å². The summed E-state index contributed by atoms with van der Waals surface area (Å²) in [6, 6.07) is 2.21. The molecule has 4 fully saturated rings. The monoisotopic (exact) mass is 270 g/mol. The van der Waals surface area contributed by atoms with Gasteiger partial charge in [0.15, 0.2) is 0 Å². The van der Waals surface area contributed by atoms with Crippen LogP contribution in [0.4, 0.5) is 0 Å². The Balaban J connectivity index is 1.59. The molecular formula is C17H22N2O. The molecule has 4 aliphatic heterocycles. The SMILES string of the molecule is Cc1cc(C)c2c(n1)OC1(C2)C2CC3CC1CN(C3)C2. The van der Waals surface area contributed by atoms with Gasteiger partial charge in [0.2, 0.25) is 5.88 Å². The second-order valence-corrected chi connectivity index (χ2v) is 7.55. The lowest BCUT2D eigenvalue weighted by molar-refractivity contribution is -0.159. The molecule has 3 saturated heterocycles. The maximum Gasteiger partial charge on any atom is 0.217 e. The molecule has 0 aromatic carbocycles. The van der Waals surface area contributed by atoms with E-state index in [-0.39, 0.29) is 5.60 Å². The quantitative estimate of drug-likeness (QED) is 0.723. The van der Waals surface area contributed by atoms with Crippen molar-refractivity contribution in [2.24, 2.45) is 17.8 Å². The minimum absolute atomic E-state index is 0.0846. The topological polar surface area (TPSA) is 25.4 Å². The van der Waals surface area contributed by atoms with E-state index < -0.39 is 0 Å². The highest BCUT2D eigenvalue weighted by Gasteiger charge is 2.61. The molecular weight excluding hydrogens is 248 g/mol. The van der Waals surface area contributed by atoms with Gasteiger partial charge >= 0.3 is 0 Å². The number of pyridine rings is 1. The van der Waals surface area contributed by atoms with Gasteiger partial charge in [-0.15, -0.1) is 0 Å². The highest BCUT2D eigenvalue weighted by Crippen LogP contribution is 2.55. The zero-order chi connectivity index (χ0) is 13.5. The van der Waals surface area contributed by atoms with Crippen molar-refractivity contribution in [3.8, 4) is 5.88 Å². The van der Waals surface area contributed by atoms with Crippen molar-refractivity contribution in [2.45, 2.75) is 38.7 Å². The summed E-state index contributed by atoms with van der Waals surface area (Å²) >= 11 is 0. The van der Waals surface area contributed by atoms with Crippen LogP contribution in [-0.4, -0.2) is 35.1 Å². The van der Waals surface area contributed by atoms with E-state index in [0.717, 1.165) is 35.7 Å². The first-order valence-corrected chi connectivity index (χ1v) is 8.02. The van der Waals surface area contributed by atoms with Gasteiger partial charge in [-0.05, 0) is 44.2 Å². The maximum atomic E-state index is 6.60. The van der Waals surface area contributed by atoms with Crippen LogP contribution in [0.15, 0.2) is 6.07 Å². The van der Waals surface area contributed by atoms with Gasteiger partial charge in [-0.2, -0.15) is 0 Å². The second kappa shape index (κ2) is 3.56. The number of aromatic nitrogens is 1. The molecule has 1 aromatic rings. The third kappa shape index (κ3) is 1.32. The van der Waals surface area contributed by atoms with Gasteiger partial charge in [-0.25, -0.2) is 4.98 Å². The number of nitrogens with zero attached hydrogens (tertiary/aromatic N) is 2. The molecule has 1 saturated carbocycles. The fraction of sp³-hybridized carbons (Fsp3) is 0.706. The zero-order valence-corrected chi connectivity index (χ0v) is 12.4. The van der Waals surface area contributed by atoms with Crippen molar-refractivity contribution in [3.05, 3.63) is 22.9 Å². The standard InChI is InChI=1S/C17H22N2O/c1-10-3-11(2)18-16-15(10)6-17(20-16)13-4-12-5-14(17)9-19(7-12)8-13/h3,12-14H,4-9H2,1-2H3. The van der Waals surface area contributed by atoms with Crippen LogP contribution < -0.4 is 4.74 Å². The lowest BCUT2D eigenvalue weighted by atomic mass is 9.58. The molecule has 1 spiro atoms. The number of piperidine rings is 3. The third-order valence-electron chi connectivity index (χ3n) is 6.27. The van der Waals surface area contributed by atoms with Gasteiger partial charge in [0.25, 0.3) is 0 Å². The summed E-state index contributed by atoms with van der Waals surface area (Å²) in [7, 11) is 0. The van der Waals surface area contributed by atoms with E-state index in [4.69, 9.17) is 4.74 Å². The first-order chi connectivity index (χ1) is 9.64. The van der Waals surface area contributed by atoms with Crippen LogP contribution in [-0.2, 0) is 6.42 Å². The van der Waals surface area contributed by atoms with Crippen LogP contribution in [0.25, 0.3) is 0 Å². The van der Waals surface area contributed by atoms with Crippen molar-refractivity contribution in [3.63, 3.8) is 0 Å². The van der Waals surface area contributed by atoms with E-state index in [9.17, 15) is 0 Å². The summed E-state index contributed by atoms with van der Waals surface area (Å²) in [6.07, 6.45) is 3.86. The normalized spacial score (nSPS) is 43.9. The zero-order valence-electron chi connectivity index (χ0n) is 12.4. The molecule has 5 heterocycles. The van der Waals surface area contributed by atoms with E-state index >= 15 is 0 Å². The number of hydrogen-bond donors (Lipinski definition) is 0. The number of fused-ring (bicyclic) bond motifs is 1. The highest BCUT2D eigenvalue weighted by molar-refractivity contribution is 5.42. The first kappa shape index (κ1) is 11.6. The van der Waals surface area contributed by atoms with Crippen LogP contribution in [0.5, 0.6) is 5.88 Å². The largest absolute Gasteiger partial charge is 0.470 e. The molecule has 0 amide bonds. The Hall–Kier alpha value is -1.09. The van der Waals surface area contributed by atoms with E-state index in [1.807, 2.05) is 0 Å². The second-order valence-electron chi connectivity index (χ2n) is 7.55. The molecule has 0 radical (unpaired) electrons. The summed E-state index contributed by atoms with van der Waals surface area (Å²) < 4.78 is 6.60. The fourth-order valence-electron chi connectivity index (χ4n) is 5.53. The molecule has 2 atom stereocenters. The molecule has 5 aliphatic rings. The lowest BCUT2D eigenvalue weighted by Crippen LogP contribution is -2.68. The summed E-state index contributed by atoms with van der Waals surface area (Å²) in [5.41, 5.74) is 3.93. The number of aryl methyl sites for hydroxylation is 2. The minimum atomic E-state index is 0.0846. The summed E-state index contributed by atoms with van der Waals surface area (Å²) in [5.74, 6) is 3.33. The van der Waals surface area contributed by atoms with Gasteiger partial charge < -0.3 is 9.64 Å². The van der Waals surface area contributed by atoms with Gasteiger partial charge in [-0.3, -0.25) is 0 Å². The molecule has 1 aliphatic carbocycles. The van der Waals surface area contributed by atoms with Gasteiger partial charge in [0.1, 0.15) is 5.60 Å². The van der Waals surface area contributed by atoms with Crippen LogP contribution in [0.2, 0.25) is 0 Å². The fourth-order valence-corrected chi connectivity index (χ4v) is 5.53. The lowest BCUT2D eigenvalue weighted by Gasteiger charge is -2.60. The Kier molecular flexibility index (Phi) is 2.06. The van der Waals surface area contributed by atoms with Crippen LogP contribution in [0.1, 0.15) is 29.7 Å². The molecule has 1 aromatic heterocycles. The predicted octanol–water partition coefficient (Wildman–Crippen LogP) is 2.34. The van der Waals surface area contributed by atoms with Gasteiger partial charge in [0, 0.05) is 49.1 Å². The van der Waals surface area contributed by atoms with E-state index in [0.29, 0.717) is 0 Å². The van der Waals surface area contributed by atoms with Crippen molar-refractivity contribution in [1.82, 2.24) is 9.88 Å². The Morgan fingerprint density at radius 2 is 1.95 bits per heavy atom. The number of ether oxygens (including phenoxy) is 1. The molecule has 4 bridgehead atoms. The molecule has 106 valence electrons. The van der Waals surface area contributed by atoms with E-state index in [1.165, 1.54) is 43.6 Å². The summed E-state index contributed by atoms with van der Waals surface area (Å²) in [4.78, 5) is 7.36. The Labute approximate surface area is 120 Å². The molecule has 3 heteroatoms. The number of rotatable bonds is 0.